The average Bonchev–Trinajstić information content (AvgIpc) is 2.62. The first-order chi connectivity index (χ1) is 12.1. The normalized spacial score (nSPS) is 22.7. The van der Waals surface area contributed by atoms with E-state index in [1.165, 1.54) is 0 Å². The Morgan fingerprint density at radius 1 is 1.00 bits per heavy atom. The Bertz CT molecular complexity index is 880. The third-order valence-electron chi connectivity index (χ3n) is 4.36. The Kier molecular flexibility index (Phi) is 4.29. The minimum absolute atomic E-state index is 0.140. The van der Waals surface area contributed by atoms with E-state index >= 15 is 0 Å². The van der Waals surface area contributed by atoms with Crippen LogP contribution in [-0.2, 0) is 10.0 Å². The second kappa shape index (κ2) is 6.59. The lowest BCUT2D eigenvalue weighted by atomic mass is 10.1. The molecular weight excluding hydrogens is 338 g/mol. The zero-order valence-corrected chi connectivity index (χ0v) is 14.4. The average molecular weight is 357 g/mol. The number of benzene rings is 2. The van der Waals surface area contributed by atoms with Gasteiger partial charge in [0.15, 0.2) is 0 Å². The van der Waals surface area contributed by atoms with Gasteiger partial charge < -0.3 is 4.74 Å². The molecule has 130 valence electrons. The molecule has 2 aromatic carbocycles. The van der Waals surface area contributed by atoms with E-state index in [4.69, 9.17) is 4.74 Å². The molecule has 0 bridgehead atoms. The first kappa shape index (κ1) is 16.3. The van der Waals surface area contributed by atoms with E-state index in [2.05, 4.69) is 14.6 Å². The summed E-state index contributed by atoms with van der Waals surface area (Å²) in [5, 5.41) is 0. The molecule has 2 aliphatic heterocycles. The summed E-state index contributed by atoms with van der Waals surface area (Å²) in [4.78, 5) is 6.69. The molecule has 0 aliphatic carbocycles. The van der Waals surface area contributed by atoms with Crippen molar-refractivity contribution in [3.8, 4) is 11.5 Å². The SMILES string of the molecule is O=S1(=O)CCN2CCN=C(c3ccc(Oc4ccccc4)cc3)C2N1. The molecule has 0 saturated carbocycles. The van der Waals surface area contributed by atoms with Gasteiger partial charge in [0.2, 0.25) is 10.0 Å². The third-order valence-corrected chi connectivity index (χ3v) is 5.66. The topological polar surface area (TPSA) is 71.0 Å². The van der Waals surface area contributed by atoms with Crippen LogP contribution in [0, 0.1) is 0 Å². The van der Waals surface area contributed by atoms with Gasteiger partial charge in [0.25, 0.3) is 0 Å². The molecule has 2 aliphatic rings. The molecule has 1 atom stereocenters. The molecule has 0 radical (unpaired) electrons. The van der Waals surface area contributed by atoms with Crippen molar-refractivity contribution < 1.29 is 13.2 Å². The van der Waals surface area contributed by atoms with Crippen molar-refractivity contribution >= 4 is 15.7 Å². The van der Waals surface area contributed by atoms with Gasteiger partial charge in [-0.3, -0.25) is 9.89 Å². The molecule has 2 heterocycles. The van der Waals surface area contributed by atoms with Gasteiger partial charge in [-0.25, -0.2) is 8.42 Å². The molecular formula is C18H19N3O3S. The van der Waals surface area contributed by atoms with Gasteiger partial charge in [-0.15, -0.1) is 0 Å². The van der Waals surface area contributed by atoms with Gasteiger partial charge in [0, 0.05) is 13.1 Å². The molecule has 1 saturated heterocycles. The van der Waals surface area contributed by atoms with Gasteiger partial charge in [-0.1, -0.05) is 18.2 Å². The third kappa shape index (κ3) is 3.58. The Balaban J connectivity index is 1.56. The highest BCUT2D eigenvalue weighted by atomic mass is 32.2. The van der Waals surface area contributed by atoms with Crippen LogP contribution in [-0.4, -0.2) is 50.6 Å². The van der Waals surface area contributed by atoms with E-state index < -0.39 is 10.0 Å². The van der Waals surface area contributed by atoms with E-state index in [1.54, 1.807) is 0 Å². The summed E-state index contributed by atoms with van der Waals surface area (Å²) in [6.07, 6.45) is -0.381. The van der Waals surface area contributed by atoms with E-state index in [9.17, 15) is 8.42 Å². The quantitative estimate of drug-likeness (QED) is 0.910. The number of hydrogen-bond acceptors (Lipinski definition) is 5. The molecule has 0 amide bonds. The number of nitrogens with one attached hydrogen (secondary N) is 1. The number of aliphatic imine (C=N–C) groups is 1. The standard InChI is InChI=1S/C18H19N3O3S/c22-25(23)13-12-21-11-10-19-17(18(21)20-25)14-6-8-16(9-7-14)24-15-4-2-1-3-5-15/h1-9,18,20H,10-13H2. The molecule has 0 spiro atoms. The number of fused-ring (bicyclic) bond motifs is 1. The van der Waals surface area contributed by atoms with Crippen molar-refractivity contribution in [1.29, 1.82) is 0 Å². The van der Waals surface area contributed by atoms with Crippen LogP contribution in [0.3, 0.4) is 0 Å². The van der Waals surface area contributed by atoms with Crippen molar-refractivity contribution in [1.82, 2.24) is 9.62 Å². The summed E-state index contributed by atoms with van der Waals surface area (Å²) < 4.78 is 32.4. The van der Waals surface area contributed by atoms with Crippen molar-refractivity contribution in [3.05, 3.63) is 60.2 Å². The molecule has 1 unspecified atom stereocenters. The summed E-state index contributed by atoms with van der Waals surface area (Å²) in [5.41, 5.74) is 1.67. The fourth-order valence-corrected chi connectivity index (χ4v) is 4.29. The second-order valence-electron chi connectivity index (χ2n) is 6.08. The van der Waals surface area contributed by atoms with Crippen LogP contribution in [0.15, 0.2) is 59.6 Å². The number of sulfonamides is 1. The van der Waals surface area contributed by atoms with Crippen molar-refractivity contribution in [2.45, 2.75) is 6.17 Å². The molecule has 4 rings (SSSR count). The molecule has 6 nitrogen and oxygen atoms in total. The highest BCUT2D eigenvalue weighted by Crippen LogP contribution is 2.23. The van der Waals surface area contributed by atoms with Crippen LogP contribution in [0.2, 0.25) is 0 Å². The van der Waals surface area contributed by atoms with Crippen molar-refractivity contribution in [2.75, 3.05) is 25.4 Å². The monoisotopic (exact) mass is 357 g/mol. The molecule has 25 heavy (non-hydrogen) atoms. The highest BCUT2D eigenvalue weighted by molar-refractivity contribution is 7.89. The lowest BCUT2D eigenvalue weighted by molar-refractivity contribution is 0.229. The van der Waals surface area contributed by atoms with Crippen molar-refractivity contribution in [2.24, 2.45) is 4.99 Å². The minimum Gasteiger partial charge on any atom is -0.457 e. The van der Waals surface area contributed by atoms with Crippen LogP contribution in [0.4, 0.5) is 0 Å². The number of ether oxygens (including phenoxy) is 1. The summed E-state index contributed by atoms with van der Waals surface area (Å²) in [6.45, 7) is 1.98. The maximum absolute atomic E-state index is 11.9. The minimum atomic E-state index is -3.24. The predicted octanol–water partition coefficient (Wildman–Crippen LogP) is 1.84. The lowest BCUT2D eigenvalue weighted by Crippen LogP contribution is -2.61. The van der Waals surface area contributed by atoms with Gasteiger partial charge in [0.1, 0.15) is 17.7 Å². The van der Waals surface area contributed by atoms with E-state index in [0.717, 1.165) is 29.3 Å². The first-order valence-corrected chi connectivity index (χ1v) is 9.88. The number of nitrogens with zero attached hydrogens (tertiary/aromatic N) is 2. The number of hydrogen-bond donors (Lipinski definition) is 1. The zero-order valence-electron chi connectivity index (χ0n) is 13.6. The predicted molar refractivity (Wildman–Crippen MR) is 96.6 cm³/mol. The lowest BCUT2D eigenvalue weighted by Gasteiger charge is -2.39. The smallest absolute Gasteiger partial charge is 0.214 e. The van der Waals surface area contributed by atoms with E-state index in [0.29, 0.717) is 13.1 Å². The number of para-hydroxylation sites is 1. The van der Waals surface area contributed by atoms with Crippen LogP contribution in [0.1, 0.15) is 5.56 Å². The Hall–Kier alpha value is -2.22. The Morgan fingerprint density at radius 3 is 2.48 bits per heavy atom. The highest BCUT2D eigenvalue weighted by Gasteiger charge is 2.35. The molecule has 7 heteroatoms. The molecule has 1 N–H and O–H groups in total. The van der Waals surface area contributed by atoms with Crippen LogP contribution in [0.25, 0.3) is 0 Å². The fourth-order valence-electron chi connectivity index (χ4n) is 3.09. The second-order valence-corrected chi connectivity index (χ2v) is 7.96. The van der Waals surface area contributed by atoms with Crippen molar-refractivity contribution in [3.63, 3.8) is 0 Å². The Morgan fingerprint density at radius 2 is 1.72 bits per heavy atom. The molecule has 0 aromatic heterocycles. The first-order valence-electron chi connectivity index (χ1n) is 8.22. The maximum Gasteiger partial charge on any atom is 0.214 e. The number of rotatable bonds is 3. The summed E-state index contributed by atoms with van der Waals surface area (Å²) in [7, 11) is -3.24. The zero-order chi connectivity index (χ0) is 17.3. The van der Waals surface area contributed by atoms with Crippen LogP contribution in [0.5, 0.6) is 11.5 Å². The van der Waals surface area contributed by atoms with E-state index in [1.807, 2.05) is 54.6 Å². The molecule has 1 fully saturated rings. The van der Waals surface area contributed by atoms with Gasteiger partial charge in [0.05, 0.1) is 18.0 Å². The van der Waals surface area contributed by atoms with Gasteiger partial charge in [-0.2, -0.15) is 4.72 Å². The largest absolute Gasteiger partial charge is 0.457 e. The summed E-state index contributed by atoms with van der Waals surface area (Å²) in [5.74, 6) is 1.64. The molecule has 2 aromatic rings. The maximum atomic E-state index is 11.9. The van der Waals surface area contributed by atoms with E-state index in [-0.39, 0.29) is 11.9 Å². The fraction of sp³-hybridized carbons (Fsp3) is 0.278. The van der Waals surface area contributed by atoms with Gasteiger partial charge >= 0.3 is 0 Å². The van der Waals surface area contributed by atoms with Crippen LogP contribution < -0.4 is 9.46 Å². The Labute approximate surface area is 147 Å². The van der Waals surface area contributed by atoms with Crippen LogP contribution >= 0.6 is 0 Å². The van der Waals surface area contributed by atoms with Gasteiger partial charge in [-0.05, 0) is 42.0 Å². The summed E-state index contributed by atoms with van der Waals surface area (Å²) in [6, 6.07) is 17.2. The summed E-state index contributed by atoms with van der Waals surface area (Å²) >= 11 is 0.